The first-order valence-electron chi connectivity index (χ1n) is 10.2. The second-order valence-electron chi connectivity index (χ2n) is 7.34. The number of pyridine rings is 1. The van der Waals surface area contributed by atoms with Gasteiger partial charge in [-0.1, -0.05) is 23.8 Å². The number of fused-ring (bicyclic) bond motifs is 1. The van der Waals surface area contributed by atoms with E-state index < -0.39 is 0 Å². The topological polar surface area (TPSA) is 51.2 Å². The first-order valence-corrected chi connectivity index (χ1v) is 10.2. The Balaban J connectivity index is 1.69. The van der Waals surface area contributed by atoms with Crippen molar-refractivity contribution in [2.75, 3.05) is 6.61 Å². The predicted molar refractivity (Wildman–Crippen MR) is 121 cm³/mol. The molecule has 1 amide bonds. The SMILES string of the molecule is CCOc1ccc(-c2cc(C(=O)NCc3ccc(F)cc3)c3cc(C)ccc3n2)cc1. The molecule has 31 heavy (non-hydrogen) atoms. The van der Waals surface area contributed by atoms with Crippen LogP contribution in [0.3, 0.4) is 0 Å². The molecule has 0 aliphatic heterocycles. The Morgan fingerprint density at radius 2 is 1.74 bits per heavy atom. The smallest absolute Gasteiger partial charge is 0.252 e. The number of aryl methyl sites for hydroxylation is 1. The van der Waals surface area contributed by atoms with E-state index in [-0.39, 0.29) is 11.7 Å². The minimum atomic E-state index is -0.300. The van der Waals surface area contributed by atoms with Gasteiger partial charge in [0.25, 0.3) is 5.91 Å². The van der Waals surface area contributed by atoms with E-state index in [0.29, 0.717) is 24.4 Å². The van der Waals surface area contributed by atoms with Crippen LogP contribution >= 0.6 is 0 Å². The van der Waals surface area contributed by atoms with E-state index in [4.69, 9.17) is 9.72 Å². The lowest BCUT2D eigenvalue weighted by Crippen LogP contribution is -2.23. The summed E-state index contributed by atoms with van der Waals surface area (Å²) in [5, 5.41) is 3.74. The van der Waals surface area contributed by atoms with Crippen molar-refractivity contribution in [2.45, 2.75) is 20.4 Å². The zero-order valence-electron chi connectivity index (χ0n) is 17.5. The van der Waals surface area contributed by atoms with Gasteiger partial charge >= 0.3 is 0 Å². The Bertz CT molecular complexity index is 1220. The average molecular weight is 414 g/mol. The van der Waals surface area contributed by atoms with E-state index in [1.54, 1.807) is 12.1 Å². The number of benzene rings is 3. The first-order chi connectivity index (χ1) is 15.0. The lowest BCUT2D eigenvalue weighted by Gasteiger charge is -2.12. The van der Waals surface area contributed by atoms with Crippen molar-refractivity contribution < 1.29 is 13.9 Å². The van der Waals surface area contributed by atoms with Crippen molar-refractivity contribution in [1.29, 1.82) is 0 Å². The van der Waals surface area contributed by atoms with E-state index in [1.807, 2.05) is 62.4 Å². The minimum Gasteiger partial charge on any atom is -0.494 e. The fraction of sp³-hybridized carbons (Fsp3) is 0.154. The molecule has 0 aliphatic rings. The molecule has 0 bridgehead atoms. The van der Waals surface area contributed by atoms with Crippen LogP contribution in [-0.2, 0) is 6.54 Å². The van der Waals surface area contributed by atoms with Crippen molar-refractivity contribution >= 4 is 16.8 Å². The molecular weight excluding hydrogens is 391 g/mol. The van der Waals surface area contributed by atoms with E-state index >= 15 is 0 Å². The van der Waals surface area contributed by atoms with E-state index in [2.05, 4.69) is 5.32 Å². The summed E-state index contributed by atoms with van der Waals surface area (Å²) in [6.07, 6.45) is 0. The molecule has 156 valence electrons. The summed E-state index contributed by atoms with van der Waals surface area (Å²) in [6, 6.07) is 21.5. The van der Waals surface area contributed by atoms with Gasteiger partial charge < -0.3 is 10.1 Å². The van der Waals surface area contributed by atoms with E-state index in [1.165, 1.54) is 12.1 Å². The van der Waals surface area contributed by atoms with E-state index in [0.717, 1.165) is 33.3 Å². The van der Waals surface area contributed by atoms with Crippen LogP contribution in [0.15, 0.2) is 72.8 Å². The summed E-state index contributed by atoms with van der Waals surface area (Å²) in [5.74, 6) is 0.292. The number of nitrogens with one attached hydrogen (secondary N) is 1. The monoisotopic (exact) mass is 414 g/mol. The fourth-order valence-corrected chi connectivity index (χ4v) is 3.44. The largest absolute Gasteiger partial charge is 0.494 e. The zero-order valence-corrected chi connectivity index (χ0v) is 17.5. The molecule has 4 rings (SSSR count). The van der Waals surface area contributed by atoms with Crippen LogP contribution in [0.1, 0.15) is 28.4 Å². The van der Waals surface area contributed by atoms with Crippen LogP contribution in [-0.4, -0.2) is 17.5 Å². The highest BCUT2D eigenvalue weighted by atomic mass is 19.1. The summed E-state index contributed by atoms with van der Waals surface area (Å²) in [5.41, 5.74) is 4.81. The summed E-state index contributed by atoms with van der Waals surface area (Å²) >= 11 is 0. The van der Waals surface area contributed by atoms with Gasteiger partial charge in [0.15, 0.2) is 0 Å². The normalized spacial score (nSPS) is 10.8. The molecule has 3 aromatic carbocycles. The Morgan fingerprint density at radius 3 is 2.45 bits per heavy atom. The summed E-state index contributed by atoms with van der Waals surface area (Å²) in [7, 11) is 0. The van der Waals surface area contributed by atoms with Gasteiger partial charge in [-0.3, -0.25) is 4.79 Å². The summed E-state index contributed by atoms with van der Waals surface area (Å²) < 4.78 is 18.6. The van der Waals surface area contributed by atoms with Gasteiger partial charge in [-0.15, -0.1) is 0 Å². The van der Waals surface area contributed by atoms with Gasteiger partial charge in [0, 0.05) is 17.5 Å². The molecule has 1 heterocycles. The number of rotatable bonds is 6. The maximum Gasteiger partial charge on any atom is 0.252 e. The second-order valence-corrected chi connectivity index (χ2v) is 7.34. The van der Waals surface area contributed by atoms with E-state index in [9.17, 15) is 9.18 Å². The van der Waals surface area contributed by atoms with Gasteiger partial charge in [0.2, 0.25) is 0 Å². The number of halogens is 1. The number of aromatic nitrogens is 1. The quantitative estimate of drug-likeness (QED) is 0.442. The molecule has 0 fully saturated rings. The molecule has 0 saturated carbocycles. The molecule has 0 unspecified atom stereocenters. The van der Waals surface area contributed by atoms with Crippen LogP contribution in [0.5, 0.6) is 5.75 Å². The van der Waals surface area contributed by atoms with Gasteiger partial charge in [0.05, 0.1) is 23.4 Å². The molecule has 0 aliphatic carbocycles. The molecule has 0 spiro atoms. The van der Waals surface area contributed by atoms with Crippen molar-refractivity contribution in [3.63, 3.8) is 0 Å². The highest BCUT2D eigenvalue weighted by molar-refractivity contribution is 6.07. The predicted octanol–water partition coefficient (Wildman–Crippen LogP) is 5.68. The first kappa shape index (κ1) is 20.5. The Kier molecular flexibility index (Phi) is 5.94. The molecule has 1 aromatic heterocycles. The number of ether oxygens (including phenoxy) is 1. The number of carbonyl (C=O) groups is 1. The van der Waals surface area contributed by atoms with Crippen molar-refractivity contribution in [1.82, 2.24) is 10.3 Å². The maximum absolute atomic E-state index is 13.1. The van der Waals surface area contributed by atoms with Crippen LogP contribution < -0.4 is 10.1 Å². The van der Waals surface area contributed by atoms with Crippen molar-refractivity contribution in [3.05, 3.63) is 95.3 Å². The van der Waals surface area contributed by atoms with Gasteiger partial charge in [-0.25, -0.2) is 9.37 Å². The molecule has 5 heteroatoms. The number of hydrogen-bond donors (Lipinski definition) is 1. The number of amides is 1. The van der Waals surface area contributed by atoms with Crippen LogP contribution in [0.4, 0.5) is 4.39 Å². The van der Waals surface area contributed by atoms with Crippen molar-refractivity contribution in [3.8, 4) is 17.0 Å². The van der Waals surface area contributed by atoms with Crippen molar-refractivity contribution in [2.24, 2.45) is 0 Å². The number of nitrogens with zero attached hydrogens (tertiary/aromatic N) is 1. The lowest BCUT2D eigenvalue weighted by molar-refractivity contribution is 0.0952. The highest BCUT2D eigenvalue weighted by Gasteiger charge is 2.14. The molecule has 4 aromatic rings. The van der Waals surface area contributed by atoms with Crippen LogP contribution in [0.25, 0.3) is 22.2 Å². The lowest BCUT2D eigenvalue weighted by atomic mass is 10.0. The summed E-state index contributed by atoms with van der Waals surface area (Å²) in [6.45, 7) is 4.84. The molecule has 0 atom stereocenters. The fourth-order valence-electron chi connectivity index (χ4n) is 3.44. The average Bonchev–Trinajstić information content (AvgIpc) is 2.78. The Labute approximate surface area is 180 Å². The molecular formula is C26H23FN2O2. The third-order valence-electron chi connectivity index (χ3n) is 5.04. The number of hydrogen-bond acceptors (Lipinski definition) is 3. The van der Waals surface area contributed by atoms with Gasteiger partial charge in [-0.2, -0.15) is 0 Å². The van der Waals surface area contributed by atoms with Gasteiger partial charge in [-0.05, 0) is 74.0 Å². The molecule has 1 N–H and O–H groups in total. The zero-order chi connectivity index (χ0) is 21.8. The molecule has 0 saturated heterocycles. The second kappa shape index (κ2) is 8.96. The Hall–Kier alpha value is -3.73. The standard InChI is InChI=1S/C26H23FN2O2/c1-3-31-21-11-7-19(8-12-21)25-15-23(22-14-17(2)4-13-24(22)29-25)26(30)28-16-18-5-9-20(27)10-6-18/h4-15H,3,16H2,1-2H3,(H,28,30). The minimum absolute atomic E-state index is 0.200. The third kappa shape index (κ3) is 4.72. The third-order valence-corrected chi connectivity index (χ3v) is 5.04. The van der Waals surface area contributed by atoms with Crippen LogP contribution in [0.2, 0.25) is 0 Å². The maximum atomic E-state index is 13.1. The molecule has 0 radical (unpaired) electrons. The Morgan fingerprint density at radius 1 is 1.00 bits per heavy atom. The van der Waals surface area contributed by atoms with Gasteiger partial charge in [0.1, 0.15) is 11.6 Å². The van der Waals surface area contributed by atoms with Crippen LogP contribution in [0, 0.1) is 12.7 Å². The number of carbonyl (C=O) groups excluding carboxylic acids is 1. The highest BCUT2D eigenvalue weighted by Crippen LogP contribution is 2.27. The summed E-state index contributed by atoms with van der Waals surface area (Å²) in [4.78, 5) is 17.9. The molecule has 4 nitrogen and oxygen atoms in total.